The first-order valence-corrected chi connectivity index (χ1v) is 6.22. The van der Waals surface area contributed by atoms with Gasteiger partial charge in [0.15, 0.2) is 0 Å². The van der Waals surface area contributed by atoms with Gasteiger partial charge in [-0.25, -0.2) is 0 Å². The average Bonchev–Trinajstić information content (AvgIpc) is 3.22. The highest BCUT2D eigenvalue weighted by molar-refractivity contribution is 5.28. The van der Waals surface area contributed by atoms with Crippen molar-refractivity contribution in [3.8, 4) is 0 Å². The van der Waals surface area contributed by atoms with Gasteiger partial charge in [0.05, 0.1) is 0 Å². The molecule has 84 valence electrons. The maximum Gasteiger partial charge on any atom is 0.0465 e. The van der Waals surface area contributed by atoms with Crippen LogP contribution in [0.25, 0.3) is 0 Å². The third-order valence-electron chi connectivity index (χ3n) is 3.88. The fourth-order valence-corrected chi connectivity index (χ4v) is 2.51. The van der Waals surface area contributed by atoms with Crippen LogP contribution in [-0.4, -0.2) is 11.7 Å². The molecule has 3 rings (SSSR count). The minimum atomic E-state index is 0.363. The molecule has 0 aliphatic heterocycles. The molecule has 0 radical (unpaired) electrons. The first-order valence-electron chi connectivity index (χ1n) is 6.22. The van der Waals surface area contributed by atoms with Crippen molar-refractivity contribution < 1.29 is 5.11 Å². The first kappa shape index (κ1) is 10.1. The van der Waals surface area contributed by atoms with Crippen molar-refractivity contribution in [2.24, 2.45) is 17.8 Å². The molecular formula is C15H18O. The van der Waals surface area contributed by atoms with Crippen LogP contribution in [0.1, 0.15) is 24.3 Å². The zero-order chi connectivity index (χ0) is 11.0. The molecule has 1 heteroatoms. The standard InChI is InChI=1S/C15H18O/c16-10-14-8-12(14)6-7-13-9-15(13)11-4-2-1-3-5-11/h1-7,12-16H,8-10H2/b7-6+/t12-,13-,14+,15+/m1/s1. The summed E-state index contributed by atoms with van der Waals surface area (Å²) < 4.78 is 0. The average molecular weight is 214 g/mol. The second kappa shape index (κ2) is 4.06. The van der Waals surface area contributed by atoms with E-state index >= 15 is 0 Å². The van der Waals surface area contributed by atoms with Gasteiger partial charge < -0.3 is 5.11 Å². The van der Waals surface area contributed by atoms with Crippen LogP contribution in [0.4, 0.5) is 0 Å². The molecule has 2 aliphatic rings. The predicted molar refractivity (Wildman–Crippen MR) is 65.1 cm³/mol. The van der Waals surface area contributed by atoms with Gasteiger partial charge in [-0.1, -0.05) is 42.5 Å². The summed E-state index contributed by atoms with van der Waals surface area (Å²) in [6, 6.07) is 10.8. The van der Waals surface area contributed by atoms with E-state index in [-0.39, 0.29) is 0 Å². The van der Waals surface area contributed by atoms with Crippen LogP contribution in [0.3, 0.4) is 0 Å². The molecule has 0 amide bonds. The molecule has 1 aromatic rings. The van der Waals surface area contributed by atoms with Gasteiger partial charge in [-0.3, -0.25) is 0 Å². The van der Waals surface area contributed by atoms with Gasteiger partial charge in [0, 0.05) is 6.61 Å². The first-order chi connectivity index (χ1) is 7.88. The number of rotatable bonds is 4. The van der Waals surface area contributed by atoms with Gasteiger partial charge >= 0.3 is 0 Å². The van der Waals surface area contributed by atoms with E-state index in [1.165, 1.54) is 18.4 Å². The van der Waals surface area contributed by atoms with Crippen LogP contribution in [0.5, 0.6) is 0 Å². The molecule has 1 N–H and O–H groups in total. The maximum atomic E-state index is 8.95. The largest absolute Gasteiger partial charge is 0.396 e. The zero-order valence-electron chi connectivity index (χ0n) is 9.42. The fourth-order valence-electron chi connectivity index (χ4n) is 2.51. The van der Waals surface area contributed by atoms with Crippen LogP contribution in [0.2, 0.25) is 0 Å². The number of allylic oxidation sites excluding steroid dienone is 2. The molecule has 2 fully saturated rings. The second-order valence-corrected chi connectivity index (χ2v) is 5.14. The van der Waals surface area contributed by atoms with E-state index in [2.05, 4.69) is 42.5 Å². The lowest BCUT2D eigenvalue weighted by molar-refractivity contribution is 0.272. The molecule has 16 heavy (non-hydrogen) atoms. The highest BCUT2D eigenvalue weighted by Crippen LogP contribution is 2.49. The van der Waals surface area contributed by atoms with Crippen molar-refractivity contribution in [2.45, 2.75) is 18.8 Å². The van der Waals surface area contributed by atoms with E-state index in [1.807, 2.05) is 0 Å². The lowest BCUT2D eigenvalue weighted by atomic mass is 10.1. The highest BCUT2D eigenvalue weighted by atomic mass is 16.3. The zero-order valence-corrected chi connectivity index (χ0v) is 9.42. The molecule has 0 bridgehead atoms. The second-order valence-electron chi connectivity index (χ2n) is 5.14. The smallest absolute Gasteiger partial charge is 0.0465 e. The van der Waals surface area contributed by atoms with Crippen molar-refractivity contribution in [3.63, 3.8) is 0 Å². The van der Waals surface area contributed by atoms with E-state index in [0.29, 0.717) is 18.4 Å². The molecule has 0 heterocycles. The SMILES string of the molecule is OC[C@@H]1C[C@H]1/C=C/[C@@H]1C[C@H]1c1ccccc1. The molecule has 1 aromatic carbocycles. The van der Waals surface area contributed by atoms with E-state index in [0.717, 1.165) is 11.8 Å². The number of aliphatic hydroxyl groups is 1. The number of hydrogen-bond donors (Lipinski definition) is 1. The predicted octanol–water partition coefficient (Wildman–Crippen LogP) is 2.97. The molecular weight excluding hydrogens is 196 g/mol. The molecule has 0 aromatic heterocycles. The normalized spacial score (nSPS) is 36.6. The van der Waals surface area contributed by atoms with Gasteiger partial charge in [-0.05, 0) is 42.1 Å². The van der Waals surface area contributed by atoms with Gasteiger partial charge in [0.1, 0.15) is 0 Å². The van der Waals surface area contributed by atoms with Gasteiger partial charge in [-0.15, -0.1) is 0 Å². The van der Waals surface area contributed by atoms with Gasteiger partial charge in [0.2, 0.25) is 0 Å². The molecule has 0 spiro atoms. The molecule has 0 saturated heterocycles. The fraction of sp³-hybridized carbons (Fsp3) is 0.467. The Kier molecular flexibility index (Phi) is 2.56. The van der Waals surface area contributed by atoms with Crippen LogP contribution in [-0.2, 0) is 0 Å². The van der Waals surface area contributed by atoms with Crippen LogP contribution >= 0.6 is 0 Å². The topological polar surface area (TPSA) is 20.2 Å². The molecule has 1 nitrogen and oxygen atoms in total. The third-order valence-corrected chi connectivity index (χ3v) is 3.88. The van der Waals surface area contributed by atoms with E-state index in [9.17, 15) is 0 Å². The summed E-state index contributed by atoms with van der Waals surface area (Å²) in [6.45, 7) is 0.363. The minimum absolute atomic E-state index is 0.363. The van der Waals surface area contributed by atoms with Crippen molar-refractivity contribution in [2.75, 3.05) is 6.61 Å². The monoisotopic (exact) mass is 214 g/mol. The number of benzene rings is 1. The quantitative estimate of drug-likeness (QED) is 0.764. The molecule has 2 saturated carbocycles. The summed E-state index contributed by atoms with van der Waals surface area (Å²) in [5, 5.41) is 8.95. The lowest BCUT2D eigenvalue weighted by Crippen LogP contribution is -1.85. The highest BCUT2D eigenvalue weighted by Gasteiger charge is 2.38. The Hall–Kier alpha value is -1.08. The molecule has 4 atom stereocenters. The Balaban J connectivity index is 1.53. The summed E-state index contributed by atoms with van der Waals surface area (Å²) in [4.78, 5) is 0. The number of aliphatic hydroxyl groups excluding tert-OH is 1. The molecule has 2 aliphatic carbocycles. The lowest BCUT2D eigenvalue weighted by Gasteiger charge is -1.96. The third kappa shape index (κ3) is 2.05. The summed E-state index contributed by atoms with van der Waals surface area (Å²) in [6.07, 6.45) is 7.19. The van der Waals surface area contributed by atoms with Crippen LogP contribution in [0.15, 0.2) is 42.5 Å². The van der Waals surface area contributed by atoms with E-state index in [1.54, 1.807) is 0 Å². The Bertz CT molecular complexity index is 382. The Morgan fingerprint density at radius 1 is 1.06 bits per heavy atom. The van der Waals surface area contributed by atoms with Crippen molar-refractivity contribution in [1.82, 2.24) is 0 Å². The minimum Gasteiger partial charge on any atom is -0.396 e. The Labute approximate surface area is 96.8 Å². The summed E-state index contributed by atoms with van der Waals surface area (Å²) in [7, 11) is 0. The van der Waals surface area contributed by atoms with Crippen molar-refractivity contribution in [1.29, 1.82) is 0 Å². The van der Waals surface area contributed by atoms with E-state index in [4.69, 9.17) is 5.11 Å². The Morgan fingerprint density at radius 3 is 2.50 bits per heavy atom. The van der Waals surface area contributed by atoms with Gasteiger partial charge in [-0.2, -0.15) is 0 Å². The Morgan fingerprint density at radius 2 is 1.81 bits per heavy atom. The summed E-state index contributed by atoms with van der Waals surface area (Å²) in [5.74, 6) is 2.73. The van der Waals surface area contributed by atoms with Crippen molar-refractivity contribution in [3.05, 3.63) is 48.0 Å². The number of hydrogen-bond acceptors (Lipinski definition) is 1. The van der Waals surface area contributed by atoms with Crippen LogP contribution < -0.4 is 0 Å². The molecule has 0 unspecified atom stereocenters. The van der Waals surface area contributed by atoms with Crippen LogP contribution in [0, 0.1) is 17.8 Å². The van der Waals surface area contributed by atoms with Gasteiger partial charge in [0.25, 0.3) is 0 Å². The summed E-state index contributed by atoms with van der Waals surface area (Å²) in [5.41, 5.74) is 1.48. The summed E-state index contributed by atoms with van der Waals surface area (Å²) >= 11 is 0. The maximum absolute atomic E-state index is 8.95. The van der Waals surface area contributed by atoms with E-state index < -0.39 is 0 Å². The van der Waals surface area contributed by atoms with Crippen molar-refractivity contribution >= 4 is 0 Å².